The molecule has 0 bridgehead atoms. The van der Waals surface area contributed by atoms with Gasteiger partial charge in [-0.05, 0) is 18.3 Å². The van der Waals surface area contributed by atoms with Crippen LogP contribution in [0.1, 0.15) is 40.5 Å². The molecule has 13 heavy (non-hydrogen) atoms. The van der Waals surface area contributed by atoms with E-state index in [-0.39, 0.29) is 11.3 Å². The van der Waals surface area contributed by atoms with Crippen LogP contribution in [-0.2, 0) is 4.79 Å². The molecule has 0 saturated carbocycles. The summed E-state index contributed by atoms with van der Waals surface area (Å²) in [5, 5.41) is 0. The molecule has 1 rings (SSSR count). The van der Waals surface area contributed by atoms with Crippen LogP contribution < -0.4 is 0 Å². The third-order valence-corrected chi connectivity index (χ3v) is 3.09. The molecular weight excluding hydrogens is 162 g/mol. The van der Waals surface area contributed by atoms with Gasteiger partial charge >= 0.3 is 0 Å². The van der Waals surface area contributed by atoms with Crippen LogP contribution in [0, 0.1) is 11.3 Å². The lowest BCUT2D eigenvalue weighted by atomic mass is 9.81. The number of carbonyl (C=O) groups excluding carboxylic acids is 1. The molecule has 0 aromatic carbocycles. The van der Waals surface area contributed by atoms with E-state index in [4.69, 9.17) is 0 Å². The van der Waals surface area contributed by atoms with Crippen LogP contribution in [0.5, 0.6) is 0 Å². The van der Waals surface area contributed by atoms with Crippen molar-refractivity contribution in [2.45, 2.75) is 40.5 Å². The Morgan fingerprint density at radius 1 is 1.23 bits per heavy atom. The van der Waals surface area contributed by atoms with Crippen molar-refractivity contribution in [3.05, 3.63) is 0 Å². The zero-order chi connectivity index (χ0) is 10.1. The Morgan fingerprint density at radius 3 is 2.08 bits per heavy atom. The van der Waals surface area contributed by atoms with Crippen LogP contribution in [0.2, 0.25) is 0 Å². The molecular formula is C11H21NO. The van der Waals surface area contributed by atoms with E-state index in [1.807, 2.05) is 11.8 Å². The highest BCUT2D eigenvalue weighted by Gasteiger charge is 2.31. The molecule has 0 aromatic rings. The second-order valence-electron chi connectivity index (χ2n) is 5.12. The van der Waals surface area contributed by atoms with E-state index in [9.17, 15) is 4.79 Å². The lowest BCUT2D eigenvalue weighted by Gasteiger charge is -2.29. The molecule has 0 unspecified atom stereocenters. The van der Waals surface area contributed by atoms with Gasteiger partial charge in [0.2, 0.25) is 5.91 Å². The minimum absolute atomic E-state index is 0.0969. The predicted octanol–water partition coefficient (Wildman–Crippen LogP) is 2.29. The van der Waals surface area contributed by atoms with Crippen LogP contribution in [0.4, 0.5) is 0 Å². The van der Waals surface area contributed by atoms with Gasteiger partial charge in [-0.1, -0.05) is 27.7 Å². The Kier molecular flexibility index (Phi) is 2.99. The van der Waals surface area contributed by atoms with Gasteiger partial charge in [0.25, 0.3) is 0 Å². The van der Waals surface area contributed by atoms with Crippen LogP contribution in [0.25, 0.3) is 0 Å². The summed E-state index contributed by atoms with van der Waals surface area (Å²) in [5.41, 5.74) is 0.0969. The normalized spacial score (nSPS) is 20.5. The maximum Gasteiger partial charge on any atom is 0.225 e. The van der Waals surface area contributed by atoms with Crippen molar-refractivity contribution in [1.82, 2.24) is 4.90 Å². The molecule has 1 heterocycles. The zero-order valence-electron chi connectivity index (χ0n) is 9.26. The van der Waals surface area contributed by atoms with Crippen LogP contribution in [0.3, 0.4) is 0 Å². The van der Waals surface area contributed by atoms with Gasteiger partial charge < -0.3 is 4.90 Å². The molecule has 1 aliphatic rings. The highest BCUT2D eigenvalue weighted by molar-refractivity contribution is 5.79. The number of hydrogen-bond acceptors (Lipinski definition) is 1. The first-order valence-electron chi connectivity index (χ1n) is 5.21. The summed E-state index contributed by atoms with van der Waals surface area (Å²) in [6.45, 7) is 10.4. The van der Waals surface area contributed by atoms with E-state index in [1.165, 1.54) is 12.8 Å². The Hall–Kier alpha value is -0.530. The number of rotatable bonds is 1. The second kappa shape index (κ2) is 3.69. The van der Waals surface area contributed by atoms with E-state index >= 15 is 0 Å². The van der Waals surface area contributed by atoms with Gasteiger partial charge in [-0.25, -0.2) is 0 Å². The van der Waals surface area contributed by atoms with Crippen molar-refractivity contribution in [2.24, 2.45) is 11.3 Å². The summed E-state index contributed by atoms with van der Waals surface area (Å²) in [5.74, 6) is 0.482. The molecule has 76 valence electrons. The second-order valence-corrected chi connectivity index (χ2v) is 5.12. The van der Waals surface area contributed by atoms with Gasteiger partial charge in [-0.3, -0.25) is 4.79 Å². The molecule has 1 fully saturated rings. The quantitative estimate of drug-likeness (QED) is 0.611. The topological polar surface area (TPSA) is 20.3 Å². The fourth-order valence-electron chi connectivity index (χ4n) is 1.58. The lowest BCUT2D eigenvalue weighted by Crippen LogP contribution is -2.38. The van der Waals surface area contributed by atoms with Crippen molar-refractivity contribution >= 4 is 5.91 Å². The summed E-state index contributed by atoms with van der Waals surface area (Å²) in [7, 11) is 0. The SMILES string of the molecule is C[C@H](C(=O)N1CCCC1)C(C)(C)C. The van der Waals surface area contributed by atoms with Gasteiger partial charge in [0.1, 0.15) is 0 Å². The molecule has 0 spiro atoms. The van der Waals surface area contributed by atoms with Crippen LogP contribution in [-0.4, -0.2) is 23.9 Å². The molecule has 1 atom stereocenters. The largest absolute Gasteiger partial charge is 0.342 e. The van der Waals surface area contributed by atoms with E-state index in [0.29, 0.717) is 5.91 Å². The summed E-state index contributed by atoms with van der Waals surface area (Å²) < 4.78 is 0. The first kappa shape index (κ1) is 10.6. The highest BCUT2D eigenvalue weighted by Crippen LogP contribution is 2.28. The van der Waals surface area contributed by atoms with Crippen molar-refractivity contribution < 1.29 is 4.79 Å². The molecule has 1 amide bonds. The zero-order valence-corrected chi connectivity index (χ0v) is 9.26. The Balaban J connectivity index is 2.56. The molecule has 0 aromatic heterocycles. The van der Waals surface area contributed by atoms with Gasteiger partial charge in [0.05, 0.1) is 0 Å². The molecule has 1 aliphatic heterocycles. The Bertz CT molecular complexity index is 187. The standard InChI is InChI=1S/C11H21NO/c1-9(11(2,3)4)10(13)12-7-5-6-8-12/h9H,5-8H2,1-4H3/t9-/m1/s1. The van der Waals surface area contributed by atoms with Crippen LogP contribution >= 0.6 is 0 Å². The Morgan fingerprint density at radius 2 is 1.69 bits per heavy atom. The molecule has 1 saturated heterocycles. The number of carbonyl (C=O) groups is 1. The third kappa shape index (κ3) is 2.45. The van der Waals surface area contributed by atoms with Gasteiger partial charge in [-0.2, -0.15) is 0 Å². The summed E-state index contributed by atoms with van der Waals surface area (Å²) in [4.78, 5) is 13.9. The maximum atomic E-state index is 11.9. The maximum absolute atomic E-state index is 11.9. The minimum atomic E-state index is 0.0969. The number of hydrogen-bond donors (Lipinski definition) is 0. The monoisotopic (exact) mass is 183 g/mol. The molecule has 2 nitrogen and oxygen atoms in total. The minimum Gasteiger partial charge on any atom is -0.342 e. The average molecular weight is 183 g/mol. The van der Waals surface area contributed by atoms with Crippen molar-refractivity contribution in [3.8, 4) is 0 Å². The van der Waals surface area contributed by atoms with Crippen LogP contribution in [0.15, 0.2) is 0 Å². The summed E-state index contributed by atoms with van der Waals surface area (Å²) >= 11 is 0. The molecule has 2 heteroatoms. The predicted molar refractivity (Wildman–Crippen MR) is 54.4 cm³/mol. The lowest BCUT2D eigenvalue weighted by molar-refractivity contribution is -0.137. The summed E-state index contributed by atoms with van der Waals surface area (Å²) in [6, 6.07) is 0. The molecule has 0 aliphatic carbocycles. The first-order valence-corrected chi connectivity index (χ1v) is 5.21. The van der Waals surface area contributed by atoms with E-state index in [0.717, 1.165) is 13.1 Å². The average Bonchev–Trinajstić information content (AvgIpc) is 2.51. The van der Waals surface area contributed by atoms with E-state index < -0.39 is 0 Å². The molecule has 0 radical (unpaired) electrons. The number of nitrogens with zero attached hydrogens (tertiary/aromatic N) is 1. The van der Waals surface area contributed by atoms with E-state index in [2.05, 4.69) is 20.8 Å². The van der Waals surface area contributed by atoms with Crippen molar-refractivity contribution in [2.75, 3.05) is 13.1 Å². The van der Waals surface area contributed by atoms with Gasteiger partial charge in [0.15, 0.2) is 0 Å². The van der Waals surface area contributed by atoms with Gasteiger partial charge in [0, 0.05) is 19.0 Å². The molecule has 0 N–H and O–H groups in total. The third-order valence-electron chi connectivity index (χ3n) is 3.09. The smallest absolute Gasteiger partial charge is 0.225 e. The van der Waals surface area contributed by atoms with Crippen molar-refractivity contribution in [1.29, 1.82) is 0 Å². The number of amides is 1. The van der Waals surface area contributed by atoms with Gasteiger partial charge in [-0.15, -0.1) is 0 Å². The van der Waals surface area contributed by atoms with Crippen molar-refractivity contribution in [3.63, 3.8) is 0 Å². The first-order chi connectivity index (χ1) is 5.93. The van der Waals surface area contributed by atoms with E-state index in [1.54, 1.807) is 0 Å². The highest BCUT2D eigenvalue weighted by atomic mass is 16.2. The fourth-order valence-corrected chi connectivity index (χ4v) is 1.58. The number of likely N-dealkylation sites (tertiary alicyclic amines) is 1. The fraction of sp³-hybridized carbons (Fsp3) is 0.909. The Labute approximate surface area is 81.3 Å². The summed E-state index contributed by atoms with van der Waals surface area (Å²) in [6.07, 6.45) is 2.37.